The summed E-state index contributed by atoms with van der Waals surface area (Å²) < 4.78 is 0. The molecule has 0 aromatic carbocycles. The van der Waals surface area contributed by atoms with Crippen LogP contribution in [-0.4, -0.2) is 34.0 Å². The minimum atomic E-state index is -0.843. The van der Waals surface area contributed by atoms with Crippen molar-refractivity contribution in [2.24, 2.45) is 5.92 Å². The number of aliphatic carboxylic acids is 1. The highest BCUT2D eigenvalue weighted by atomic mass is 16.4. The Labute approximate surface area is 82.9 Å². The van der Waals surface area contributed by atoms with Crippen LogP contribution in [0.2, 0.25) is 0 Å². The Balaban J connectivity index is 2.31. The fourth-order valence-corrected chi connectivity index (χ4v) is 2.89. The molecule has 1 saturated heterocycles. The van der Waals surface area contributed by atoms with Crippen molar-refractivity contribution in [3.63, 3.8) is 0 Å². The second-order valence-corrected chi connectivity index (χ2v) is 4.28. The van der Waals surface area contributed by atoms with Crippen molar-refractivity contribution in [1.82, 2.24) is 4.90 Å². The molecule has 0 bridgehead atoms. The maximum absolute atomic E-state index is 11.4. The molecule has 0 spiro atoms. The van der Waals surface area contributed by atoms with E-state index >= 15 is 0 Å². The van der Waals surface area contributed by atoms with Gasteiger partial charge < -0.3 is 10.0 Å². The Bertz CT molecular complexity index is 289. The maximum Gasteiger partial charge on any atom is 0.329 e. The first kappa shape index (κ1) is 9.49. The second kappa shape index (κ2) is 2.97. The number of carboxylic acids is 1. The van der Waals surface area contributed by atoms with E-state index in [1.807, 2.05) is 0 Å². The number of hydrogen-bond donors (Lipinski definition) is 1. The number of carbonyl (C=O) groups is 2. The molecule has 1 saturated carbocycles. The van der Waals surface area contributed by atoms with Crippen LogP contribution in [0.4, 0.5) is 0 Å². The van der Waals surface area contributed by atoms with Crippen LogP contribution >= 0.6 is 0 Å². The number of carboxylic acid groups (broad SMARTS) is 1. The van der Waals surface area contributed by atoms with Gasteiger partial charge in [0.05, 0.1) is 0 Å². The van der Waals surface area contributed by atoms with Crippen LogP contribution in [0, 0.1) is 5.92 Å². The van der Waals surface area contributed by atoms with Crippen molar-refractivity contribution in [1.29, 1.82) is 0 Å². The Morgan fingerprint density at radius 2 is 2.14 bits per heavy atom. The summed E-state index contributed by atoms with van der Waals surface area (Å²) in [7, 11) is 0. The summed E-state index contributed by atoms with van der Waals surface area (Å²) in [5.74, 6) is -0.724. The molecule has 4 nitrogen and oxygen atoms in total. The van der Waals surface area contributed by atoms with Gasteiger partial charge in [-0.3, -0.25) is 4.79 Å². The number of likely N-dealkylation sites (tertiary alicyclic amines) is 1. The van der Waals surface area contributed by atoms with Gasteiger partial charge >= 0.3 is 5.97 Å². The van der Waals surface area contributed by atoms with Crippen LogP contribution in [0.3, 0.4) is 0 Å². The molecule has 78 valence electrons. The lowest BCUT2D eigenvalue weighted by molar-refractivity contribution is -0.178. The molecular weight excluding hydrogens is 182 g/mol. The molecule has 1 amide bonds. The molecule has 2 rings (SSSR count). The maximum atomic E-state index is 11.4. The molecule has 0 aromatic rings. The van der Waals surface area contributed by atoms with E-state index in [4.69, 9.17) is 0 Å². The zero-order valence-electron chi connectivity index (χ0n) is 8.32. The highest BCUT2D eigenvalue weighted by molar-refractivity contribution is 5.87. The van der Waals surface area contributed by atoms with E-state index in [2.05, 4.69) is 0 Å². The summed E-state index contributed by atoms with van der Waals surface area (Å²) in [6, 6.07) is 0. The van der Waals surface area contributed by atoms with Crippen LogP contribution in [-0.2, 0) is 9.59 Å². The summed E-state index contributed by atoms with van der Waals surface area (Å²) in [5.41, 5.74) is -0.843. The summed E-state index contributed by atoms with van der Waals surface area (Å²) >= 11 is 0. The number of carbonyl (C=O) groups excluding carboxylic acids is 1. The van der Waals surface area contributed by atoms with Crippen LogP contribution in [0.25, 0.3) is 0 Å². The largest absolute Gasteiger partial charge is 0.479 e. The Hall–Kier alpha value is -1.06. The van der Waals surface area contributed by atoms with Gasteiger partial charge in [-0.2, -0.15) is 0 Å². The van der Waals surface area contributed by atoms with Crippen molar-refractivity contribution < 1.29 is 14.7 Å². The molecule has 2 atom stereocenters. The Kier molecular flexibility index (Phi) is 2.01. The third-order valence-electron chi connectivity index (χ3n) is 3.72. The summed E-state index contributed by atoms with van der Waals surface area (Å²) in [4.78, 5) is 24.2. The fourth-order valence-electron chi connectivity index (χ4n) is 2.89. The molecule has 4 heteroatoms. The van der Waals surface area contributed by atoms with Gasteiger partial charge in [0, 0.05) is 13.5 Å². The summed E-state index contributed by atoms with van der Waals surface area (Å²) in [6.07, 6.45) is 3.48. The van der Waals surface area contributed by atoms with Gasteiger partial charge in [0.1, 0.15) is 5.54 Å². The van der Waals surface area contributed by atoms with E-state index in [0.29, 0.717) is 13.0 Å². The van der Waals surface area contributed by atoms with Crippen molar-refractivity contribution in [2.75, 3.05) is 6.54 Å². The fraction of sp³-hybridized carbons (Fsp3) is 0.800. The monoisotopic (exact) mass is 197 g/mol. The predicted molar refractivity (Wildman–Crippen MR) is 49.7 cm³/mol. The number of rotatable bonds is 1. The Morgan fingerprint density at radius 1 is 1.43 bits per heavy atom. The van der Waals surface area contributed by atoms with Gasteiger partial charge in [-0.05, 0) is 31.6 Å². The van der Waals surface area contributed by atoms with Gasteiger partial charge in [0.15, 0.2) is 0 Å². The number of piperidine rings is 1. The molecule has 0 radical (unpaired) electrons. The van der Waals surface area contributed by atoms with Crippen LogP contribution in [0.1, 0.15) is 32.6 Å². The smallest absolute Gasteiger partial charge is 0.329 e. The third-order valence-corrected chi connectivity index (χ3v) is 3.72. The van der Waals surface area contributed by atoms with Crippen molar-refractivity contribution in [3.8, 4) is 0 Å². The standard InChI is InChI=1S/C10H15NO3/c1-7(12)11-6-2-3-8-4-5-10(8,11)9(13)14/h8H,2-6H2,1H3,(H,13,14)/t8-,10+/m1/s1. The van der Waals surface area contributed by atoms with Gasteiger partial charge in [-0.15, -0.1) is 0 Å². The van der Waals surface area contributed by atoms with Crippen LogP contribution in [0.5, 0.6) is 0 Å². The minimum Gasteiger partial charge on any atom is -0.479 e. The van der Waals surface area contributed by atoms with Gasteiger partial charge in [0.25, 0.3) is 0 Å². The molecule has 2 fully saturated rings. The quantitative estimate of drug-likeness (QED) is 0.678. The predicted octanol–water partition coefficient (Wildman–Crippen LogP) is 0.862. The van der Waals surface area contributed by atoms with E-state index in [1.54, 1.807) is 4.90 Å². The molecule has 1 N–H and O–H groups in total. The molecular formula is C10H15NO3. The molecule has 0 aromatic heterocycles. The lowest BCUT2D eigenvalue weighted by Gasteiger charge is -2.55. The second-order valence-electron chi connectivity index (χ2n) is 4.28. The first-order valence-electron chi connectivity index (χ1n) is 5.10. The molecule has 1 aliphatic heterocycles. The van der Waals surface area contributed by atoms with Crippen LogP contribution in [0.15, 0.2) is 0 Å². The number of nitrogens with zero attached hydrogens (tertiary/aromatic N) is 1. The number of hydrogen-bond acceptors (Lipinski definition) is 2. The third kappa shape index (κ3) is 0.996. The van der Waals surface area contributed by atoms with Crippen LogP contribution < -0.4 is 0 Å². The molecule has 2 aliphatic rings. The van der Waals surface area contributed by atoms with Gasteiger partial charge in [-0.1, -0.05) is 0 Å². The highest BCUT2D eigenvalue weighted by Gasteiger charge is 2.59. The topological polar surface area (TPSA) is 57.6 Å². The summed E-state index contributed by atoms with van der Waals surface area (Å²) in [6.45, 7) is 2.07. The zero-order valence-corrected chi connectivity index (χ0v) is 8.32. The van der Waals surface area contributed by atoms with Crippen molar-refractivity contribution in [2.45, 2.75) is 38.1 Å². The number of amides is 1. The summed E-state index contributed by atoms with van der Waals surface area (Å²) in [5, 5.41) is 9.24. The number of fused-ring (bicyclic) bond motifs is 1. The van der Waals surface area contributed by atoms with E-state index in [-0.39, 0.29) is 11.8 Å². The van der Waals surface area contributed by atoms with E-state index in [1.165, 1.54) is 6.92 Å². The van der Waals surface area contributed by atoms with E-state index < -0.39 is 11.5 Å². The van der Waals surface area contributed by atoms with Crippen molar-refractivity contribution in [3.05, 3.63) is 0 Å². The molecule has 1 aliphatic carbocycles. The molecule has 0 unspecified atom stereocenters. The average Bonchev–Trinajstić information content (AvgIpc) is 2.05. The average molecular weight is 197 g/mol. The normalized spacial score (nSPS) is 35.8. The van der Waals surface area contributed by atoms with E-state index in [0.717, 1.165) is 19.3 Å². The molecule has 1 heterocycles. The Morgan fingerprint density at radius 3 is 2.50 bits per heavy atom. The van der Waals surface area contributed by atoms with Crippen molar-refractivity contribution >= 4 is 11.9 Å². The van der Waals surface area contributed by atoms with Gasteiger partial charge in [0.2, 0.25) is 5.91 Å². The lowest BCUT2D eigenvalue weighted by atomic mass is 9.61. The lowest BCUT2D eigenvalue weighted by Crippen LogP contribution is -2.68. The van der Waals surface area contributed by atoms with E-state index in [9.17, 15) is 14.7 Å². The first-order valence-corrected chi connectivity index (χ1v) is 5.10. The zero-order chi connectivity index (χ0) is 10.3. The SMILES string of the molecule is CC(=O)N1CCC[C@@H]2CC[C@@]21C(=O)O. The van der Waals surface area contributed by atoms with Gasteiger partial charge in [-0.25, -0.2) is 4.79 Å². The minimum absolute atomic E-state index is 0.100. The molecule has 14 heavy (non-hydrogen) atoms. The first-order chi connectivity index (χ1) is 6.59. The highest BCUT2D eigenvalue weighted by Crippen LogP contribution is 2.49.